The van der Waals surface area contributed by atoms with E-state index in [0.717, 1.165) is 0 Å². The molecule has 7 heteroatoms. The fraction of sp³-hybridized carbons (Fsp3) is 0.0667. The number of benzene rings is 2. The smallest absolute Gasteiger partial charge is 0.259 e. The molecule has 3 aromatic rings. The Labute approximate surface area is 135 Å². The van der Waals surface area contributed by atoms with Crippen LogP contribution in [0.25, 0.3) is 11.5 Å². The van der Waals surface area contributed by atoms with Crippen molar-refractivity contribution < 1.29 is 13.7 Å². The lowest BCUT2D eigenvalue weighted by Gasteiger charge is -2.04. The van der Waals surface area contributed by atoms with Gasteiger partial charge in [0.15, 0.2) is 18.2 Å². The standard InChI is InChI=1S/C15H9Cl2FN2O2/c16-9-5-6-13(12(18)7-9)21-8-14-19-15(22-20-14)10-3-1-2-4-11(10)17/h1-7H,8H2. The second-order valence-electron chi connectivity index (χ2n) is 4.36. The minimum Gasteiger partial charge on any atom is -0.482 e. The van der Waals surface area contributed by atoms with Crippen molar-refractivity contribution in [3.05, 3.63) is 64.2 Å². The van der Waals surface area contributed by atoms with Crippen molar-refractivity contribution in [2.24, 2.45) is 0 Å². The summed E-state index contributed by atoms with van der Waals surface area (Å²) in [6, 6.07) is 11.2. The van der Waals surface area contributed by atoms with E-state index in [2.05, 4.69) is 10.1 Å². The van der Waals surface area contributed by atoms with Crippen molar-refractivity contribution in [1.82, 2.24) is 10.1 Å². The monoisotopic (exact) mass is 338 g/mol. The molecule has 0 amide bonds. The zero-order chi connectivity index (χ0) is 15.5. The maximum absolute atomic E-state index is 13.6. The summed E-state index contributed by atoms with van der Waals surface area (Å²) in [6.07, 6.45) is 0. The summed E-state index contributed by atoms with van der Waals surface area (Å²) in [5.74, 6) is 0.0702. The van der Waals surface area contributed by atoms with Crippen molar-refractivity contribution in [2.45, 2.75) is 6.61 Å². The first-order chi connectivity index (χ1) is 10.6. The molecule has 0 aliphatic carbocycles. The van der Waals surface area contributed by atoms with Gasteiger partial charge in [-0.1, -0.05) is 40.5 Å². The summed E-state index contributed by atoms with van der Waals surface area (Å²) in [7, 11) is 0. The normalized spacial score (nSPS) is 10.7. The molecule has 0 saturated carbocycles. The number of hydrogen-bond acceptors (Lipinski definition) is 4. The molecule has 2 aromatic carbocycles. The third-order valence-electron chi connectivity index (χ3n) is 2.82. The summed E-state index contributed by atoms with van der Waals surface area (Å²) >= 11 is 11.7. The number of ether oxygens (including phenoxy) is 1. The highest BCUT2D eigenvalue weighted by molar-refractivity contribution is 6.33. The Bertz CT molecular complexity index is 808. The van der Waals surface area contributed by atoms with Crippen LogP contribution >= 0.6 is 23.2 Å². The maximum Gasteiger partial charge on any atom is 0.259 e. The van der Waals surface area contributed by atoms with Gasteiger partial charge in [-0.25, -0.2) is 4.39 Å². The van der Waals surface area contributed by atoms with Gasteiger partial charge in [-0.3, -0.25) is 0 Å². The average Bonchev–Trinajstić information content (AvgIpc) is 2.95. The number of aromatic nitrogens is 2. The molecular weight excluding hydrogens is 330 g/mol. The van der Waals surface area contributed by atoms with Gasteiger partial charge in [0.05, 0.1) is 10.6 Å². The van der Waals surface area contributed by atoms with Crippen molar-refractivity contribution in [3.63, 3.8) is 0 Å². The molecule has 0 N–H and O–H groups in total. The van der Waals surface area contributed by atoms with Crippen LogP contribution in [-0.2, 0) is 6.61 Å². The second-order valence-corrected chi connectivity index (χ2v) is 5.20. The quantitative estimate of drug-likeness (QED) is 0.687. The Balaban J connectivity index is 1.74. The maximum atomic E-state index is 13.6. The van der Waals surface area contributed by atoms with Gasteiger partial charge in [-0.15, -0.1) is 0 Å². The molecule has 4 nitrogen and oxygen atoms in total. The summed E-state index contributed by atoms with van der Waals surface area (Å²) in [6.45, 7) is -0.0352. The molecule has 0 saturated heterocycles. The third kappa shape index (κ3) is 3.21. The van der Waals surface area contributed by atoms with E-state index in [-0.39, 0.29) is 24.1 Å². The molecule has 3 rings (SSSR count). The van der Waals surface area contributed by atoms with Crippen molar-refractivity contribution in [2.75, 3.05) is 0 Å². The summed E-state index contributed by atoms with van der Waals surface area (Å²) in [5, 5.41) is 4.58. The predicted molar refractivity (Wildman–Crippen MR) is 80.5 cm³/mol. The minimum atomic E-state index is -0.553. The average molecular weight is 339 g/mol. The number of halogens is 3. The molecule has 112 valence electrons. The summed E-state index contributed by atoms with van der Waals surface area (Å²) < 4.78 is 24.0. The van der Waals surface area contributed by atoms with Crippen LogP contribution in [0.4, 0.5) is 4.39 Å². The Morgan fingerprint density at radius 3 is 2.73 bits per heavy atom. The van der Waals surface area contributed by atoms with Crippen LogP contribution in [0.1, 0.15) is 5.82 Å². The van der Waals surface area contributed by atoms with E-state index in [1.54, 1.807) is 18.2 Å². The van der Waals surface area contributed by atoms with Crippen molar-refractivity contribution in [3.8, 4) is 17.2 Å². The molecular formula is C15H9Cl2FN2O2. The van der Waals surface area contributed by atoms with Gasteiger partial charge in [0.1, 0.15) is 0 Å². The molecule has 1 heterocycles. The van der Waals surface area contributed by atoms with Crippen LogP contribution in [0.2, 0.25) is 10.0 Å². The van der Waals surface area contributed by atoms with E-state index in [9.17, 15) is 4.39 Å². The summed E-state index contributed by atoms with van der Waals surface area (Å²) in [4.78, 5) is 4.17. The zero-order valence-corrected chi connectivity index (χ0v) is 12.6. The van der Waals surface area contributed by atoms with E-state index < -0.39 is 5.82 Å². The third-order valence-corrected chi connectivity index (χ3v) is 3.39. The van der Waals surface area contributed by atoms with Crippen LogP contribution in [-0.4, -0.2) is 10.1 Å². The van der Waals surface area contributed by atoms with E-state index in [1.165, 1.54) is 18.2 Å². The van der Waals surface area contributed by atoms with Gasteiger partial charge in [0, 0.05) is 5.02 Å². The van der Waals surface area contributed by atoms with Crippen LogP contribution in [0.5, 0.6) is 5.75 Å². The van der Waals surface area contributed by atoms with Gasteiger partial charge in [-0.05, 0) is 30.3 Å². The molecule has 0 unspecified atom stereocenters. The molecule has 0 aliphatic heterocycles. The fourth-order valence-electron chi connectivity index (χ4n) is 1.79. The summed E-state index contributed by atoms with van der Waals surface area (Å²) in [5.41, 5.74) is 0.626. The van der Waals surface area contributed by atoms with Crippen LogP contribution in [0.15, 0.2) is 47.0 Å². The SMILES string of the molecule is Fc1cc(Cl)ccc1OCc1noc(-c2ccccc2Cl)n1. The van der Waals surface area contributed by atoms with Gasteiger partial charge in [0.2, 0.25) is 5.82 Å². The Morgan fingerprint density at radius 1 is 1.14 bits per heavy atom. The molecule has 0 bridgehead atoms. The van der Waals surface area contributed by atoms with Crippen LogP contribution in [0.3, 0.4) is 0 Å². The number of hydrogen-bond donors (Lipinski definition) is 0. The van der Waals surface area contributed by atoms with E-state index >= 15 is 0 Å². The molecule has 0 aliphatic rings. The lowest BCUT2D eigenvalue weighted by Crippen LogP contribution is -1.99. The largest absolute Gasteiger partial charge is 0.482 e. The molecule has 0 atom stereocenters. The molecule has 0 fully saturated rings. The highest BCUT2D eigenvalue weighted by Crippen LogP contribution is 2.26. The molecule has 0 radical (unpaired) electrons. The van der Waals surface area contributed by atoms with E-state index in [1.807, 2.05) is 6.07 Å². The Morgan fingerprint density at radius 2 is 1.95 bits per heavy atom. The van der Waals surface area contributed by atoms with Gasteiger partial charge < -0.3 is 9.26 Å². The van der Waals surface area contributed by atoms with Crippen molar-refractivity contribution in [1.29, 1.82) is 0 Å². The molecule has 22 heavy (non-hydrogen) atoms. The van der Waals surface area contributed by atoms with E-state index in [4.69, 9.17) is 32.5 Å². The van der Waals surface area contributed by atoms with E-state index in [0.29, 0.717) is 15.6 Å². The Kier molecular flexibility index (Phi) is 4.27. The highest BCUT2D eigenvalue weighted by atomic mass is 35.5. The van der Waals surface area contributed by atoms with Gasteiger partial charge >= 0.3 is 0 Å². The molecule has 0 spiro atoms. The predicted octanol–water partition coefficient (Wildman–Crippen LogP) is 4.76. The lowest BCUT2D eigenvalue weighted by atomic mass is 10.2. The van der Waals surface area contributed by atoms with Gasteiger partial charge in [-0.2, -0.15) is 4.98 Å². The zero-order valence-electron chi connectivity index (χ0n) is 11.1. The second kappa shape index (κ2) is 6.34. The van der Waals surface area contributed by atoms with Crippen LogP contribution < -0.4 is 4.74 Å². The molecule has 1 aromatic heterocycles. The number of rotatable bonds is 4. The van der Waals surface area contributed by atoms with Crippen molar-refractivity contribution >= 4 is 23.2 Å². The lowest BCUT2D eigenvalue weighted by molar-refractivity contribution is 0.274. The minimum absolute atomic E-state index is 0.0352. The Hall–Kier alpha value is -2.11. The first kappa shape index (κ1) is 14.8. The number of nitrogens with zero attached hydrogens (tertiary/aromatic N) is 2. The fourth-order valence-corrected chi connectivity index (χ4v) is 2.17. The van der Waals surface area contributed by atoms with Gasteiger partial charge in [0.25, 0.3) is 5.89 Å². The first-order valence-corrected chi connectivity index (χ1v) is 7.04. The first-order valence-electron chi connectivity index (χ1n) is 6.29. The highest BCUT2D eigenvalue weighted by Gasteiger charge is 2.13. The van der Waals surface area contributed by atoms with Crippen LogP contribution in [0, 0.1) is 5.82 Å². The topological polar surface area (TPSA) is 48.2 Å².